The van der Waals surface area contributed by atoms with E-state index in [1.807, 2.05) is 0 Å². The summed E-state index contributed by atoms with van der Waals surface area (Å²) in [5, 5.41) is 8.33. The molecule has 1 unspecified atom stereocenters. The highest BCUT2D eigenvalue weighted by Gasteiger charge is 2.25. The van der Waals surface area contributed by atoms with Crippen molar-refractivity contribution in [2.45, 2.75) is 26.3 Å². The van der Waals surface area contributed by atoms with Gasteiger partial charge in [-0.2, -0.15) is 5.26 Å². The van der Waals surface area contributed by atoms with E-state index in [-0.39, 0.29) is 0 Å². The average molecular weight is 245 g/mol. The van der Waals surface area contributed by atoms with E-state index in [0.717, 1.165) is 19.5 Å². The minimum absolute atomic E-state index is 0.371. The van der Waals surface area contributed by atoms with Crippen molar-refractivity contribution >= 4 is 10.0 Å². The van der Waals surface area contributed by atoms with Crippen LogP contribution in [0, 0.1) is 17.2 Å². The van der Waals surface area contributed by atoms with Gasteiger partial charge in [0.05, 0.1) is 6.07 Å². The Morgan fingerprint density at radius 3 is 2.75 bits per heavy atom. The Balaban J connectivity index is 2.34. The first-order valence-corrected chi connectivity index (χ1v) is 7.18. The lowest BCUT2D eigenvalue weighted by molar-refractivity contribution is 0.265. The lowest BCUT2D eigenvalue weighted by Gasteiger charge is -2.20. The van der Waals surface area contributed by atoms with Crippen molar-refractivity contribution in [3.8, 4) is 6.07 Å². The molecule has 0 saturated carbocycles. The number of nitrogens with zero attached hydrogens (tertiary/aromatic N) is 2. The normalized spacial score (nSPS) is 22.5. The molecule has 1 aliphatic heterocycles. The van der Waals surface area contributed by atoms with Crippen LogP contribution in [0.2, 0.25) is 0 Å². The third kappa shape index (κ3) is 4.08. The highest BCUT2D eigenvalue weighted by Crippen LogP contribution is 2.17. The van der Waals surface area contributed by atoms with E-state index in [1.165, 1.54) is 0 Å². The first kappa shape index (κ1) is 13.4. The summed E-state index contributed by atoms with van der Waals surface area (Å²) in [4.78, 5) is 2.34. The summed E-state index contributed by atoms with van der Waals surface area (Å²) in [5.41, 5.74) is 0. The molecule has 92 valence electrons. The molecule has 1 atom stereocenters. The number of rotatable bonds is 5. The Morgan fingerprint density at radius 2 is 2.25 bits per heavy atom. The van der Waals surface area contributed by atoms with Gasteiger partial charge in [-0.25, -0.2) is 13.1 Å². The highest BCUT2D eigenvalue weighted by molar-refractivity contribution is 7.89. The van der Waals surface area contributed by atoms with Gasteiger partial charge < -0.3 is 4.90 Å². The maximum absolute atomic E-state index is 11.3. The summed E-state index contributed by atoms with van der Waals surface area (Å²) in [6, 6.07) is 2.16. The Kier molecular flexibility index (Phi) is 4.71. The quantitative estimate of drug-likeness (QED) is 0.749. The Bertz CT molecular complexity index is 359. The summed E-state index contributed by atoms with van der Waals surface area (Å²) >= 11 is 0. The van der Waals surface area contributed by atoms with Crippen LogP contribution in [0.1, 0.15) is 20.3 Å². The van der Waals surface area contributed by atoms with Crippen LogP contribution in [-0.2, 0) is 10.0 Å². The van der Waals surface area contributed by atoms with E-state index in [4.69, 9.17) is 5.26 Å². The summed E-state index contributed by atoms with van der Waals surface area (Å²) < 4.78 is 25.0. The lowest BCUT2D eigenvalue weighted by Crippen LogP contribution is -2.33. The third-order valence-electron chi connectivity index (χ3n) is 2.89. The van der Waals surface area contributed by atoms with Crippen LogP contribution >= 0.6 is 0 Å². The standard InChI is InChI=1S/C10H19N3O2S/c1-9(2)13-5-3-10(8-13)7-12-16(14,15)6-4-11/h9-10,12H,3,5-8H2,1-2H3. The third-order valence-corrected chi connectivity index (χ3v) is 4.01. The summed E-state index contributed by atoms with van der Waals surface area (Å²) in [6.45, 7) is 6.70. The van der Waals surface area contributed by atoms with Crippen LogP contribution in [0.25, 0.3) is 0 Å². The van der Waals surface area contributed by atoms with E-state index in [9.17, 15) is 8.42 Å². The fraction of sp³-hybridized carbons (Fsp3) is 0.900. The predicted octanol–water partition coefficient (Wildman–Crippen LogP) is 0.160. The molecule has 5 nitrogen and oxygen atoms in total. The molecule has 0 aromatic carbocycles. The summed E-state index contributed by atoms with van der Waals surface area (Å²) in [5.74, 6) is -0.0796. The van der Waals surface area contributed by atoms with Gasteiger partial charge in [-0.1, -0.05) is 0 Å². The van der Waals surface area contributed by atoms with Gasteiger partial charge in [0.1, 0.15) is 0 Å². The van der Waals surface area contributed by atoms with Gasteiger partial charge in [-0.15, -0.1) is 0 Å². The van der Waals surface area contributed by atoms with E-state index in [2.05, 4.69) is 23.5 Å². The fourth-order valence-electron chi connectivity index (χ4n) is 1.88. The van der Waals surface area contributed by atoms with Crippen molar-refractivity contribution in [2.24, 2.45) is 5.92 Å². The molecule has 0 aromatic heterocycles. The van der Waals surface area contributed by atoms with Crippen molar-refractivity contribution in [3.05, 3.63) is 0 Å². The van der Waals surface area contributed by atoms with E-state index in [0.29, 0.717) is 18.5 Å². The Morgan fingerprint density at radius 1 is 1.56 bits per heavy atom. The highest BCUT2D eigenvalue weighted by atomic mass is 32.2. The fourth-order valence-corrected chi connectivity index (χ4v) is 2.64. The molecule has 1 saturated heterocycles. The molecule has 0 bridgehead atoms. The Hall–Kier alpha value is -0.640. The molecule has 1 fully saturated rings. The van der Waals surface area contributed by atoms with Crippen LogP contribution in [0.4, 0.5) is 0 Å². The van der Waals surface area contributed by atoms with E-state index in [1.54, 1.807) is 6.07 Å². The van der Waals surface area contributed by atoms with Gasteiger partial charge in [0.15, 0.2) is 5.75 Å². The zero-order valence-corrected chi connectivity index (χ0v) is 10.6. The predicted molar refractivity (Wildman–Crippen MR) is 62.2 cm³/mol. The molecule has 1 N–H and O–H groups in total. The second-order valence-electron chi connectivity index (χ2n) is 4.51. The number of nitrogens with one attached hydrogen (secondary N) is 1. The minimum Gasteiger partial charge on any atom is -0.301 e. The van der Waals surface area contributed by atoms with Gasteiger partial charge >= 0.3 is 0 Å². The number of sulfonamides is 1. The average Bonchev–Trinajstić information content (AvgIpc) is 2.63. The van der Waals surface area contributed by atoms with Crippen molar-refractivity contribution in [2.75, 3.05) is 25.4 Å². The minimum atomic E-state index is -3.39. The van der Waals surface area contributed by atoms with Gasteiger partial charge in [0, 0.05) is 19.1 Å². The maximum Gasteiger partial charge on any atom is 0.225 e. The molecular formula is C10H19N3O2S. The zero-order valence-electron chi connectivity index (χ0n) is 9.81. The monoisotopic (exact) mass is 245 g/mol. The van der Waals surface area contributed by atoms with Gasteiger partial charge in [0.2, 0.25) is 10.0 Å². The lowest BCUT2D eigenvalue weighted by atomic mass is 10.1. The van der Waals surface area contributed by atoms with Gasteiger partial charge in [0.25, 0.3) is 0 Å². The largest absolute Gasteiger partial charge is 0.301 e. The summed E-state index contributed by atoms with van der Waals surface area (Å²) in [7, 11) is -3.39. The number of hydrogen-bond donors (Lipinski definition) is 1. The number of nitriles is 1. The molecule has 6 heteroatoms. The molecule has 1 aliphatic rings. The molecule has 0 aromatic rings. The van der Waals surface area contributed by atoms with Crippen molar-refractivity contribution in [1.29, 1.82) is 5.26 Å². The number of hydrogen-bond acceptors (Lipinski definition) is 4. The topological polar surface area (TPSA) is 73.2 Å². The first-order valence-electron chi connectivity index (χ1n) is 5.53. The first-order chi connectivity index (χ1) is 7.44. The molecule has 16 heavy (non-hydrogen) atoms. The van der Waals surface area contributed by atoms with Crippen molar-refractivity contribution in [1.82, 2.24) is 9.62 Å². The van der Waals surface area contributed by atoms with Crippen LogP contribution in [-0.4, -0.2) is 44.7 Å². The van der Waals surface area contributed by atoms with Crippen LogP contribution in [0.15, 0.2) is 0 Å². The van der Waals surface area contributed by atoms with Crippen molar-refractivity contribution in [3.63, 3.8) is 0 Å². The molecule has 0 radical (unpaired) electrons. The van der Waals surface area contributed by atoms with Gasteiger partial charge in [-0.3, -0.25) is 0 Å². The van der Waals surface area contributed by atoms with Crippen LogP contribution < -0.4 is 4.72 Å². The van der Waals surface area contributed by atoms with Gasteiger partial charge in [-0.05, 0) is 32.7 Å². The number of likely N-dealkylation sites (tertiary alicyclic amines) is 1. The molecule has 0 spiro atoms. The second-order valence-corrected chi connectivity index (χ2v) is 6.32. The SMILES string of the molecule is CC(C)N1CCC(CNS(=O)(=O)CC#N)C1. The van der Waals surface area contributed by atoms with Crippen LogP contribution in [0.3, 0.4) is 0 Å². The molecule has 1 rings (SSSR count). The molecule has 0 aliphatic carbocycles. The molecular weight excluding hydrogens is 226 g/mol. The zero-order chi connectivity index (χ0) is 12.2. The van der Waals surface area contributed by atoms with Crippen molar-refractivity contribution < 1.29 is 8.42 Å². The van der Waals surface area contributed by atoms with E-state index >= 15 is 0 Å². The second kappa shape index (κ2) is 5.62. The molecule has 1 heterocycles. The maximum atomic E-state index is 11.3. The smallest absolute Gasteiger partial charge is 0.225 e. The Labute approximate surface area is 97.5 Å². The molecule has 0 amide bonds. The van der Waals surface area contributed by atoms with Crippen LogP contribution in [0.5, 0.6) is 0 Å². The van der Waals surface area contributed by atoms with E-state index < -0.39 is 15.8 Å². The summed E-state index contributed by atoms with van der Waals surface area (Å²) in [6.07, 6.45) is 1.02.